The van der Waals surface area contributed by atoms with E-state index in [1.165, 1.54) is 0 Å². The number of amides is 3. The second-order valence-corrected chi connectivity index (χ2v) is 3.93. The summed E-state index contributed by atoms with van der Waals surface area (Å²) in [7, 11) is 0. The first-order valence-corrected chi connectivity index (χ1v) is 5.45. The molecule has 0 aliphatic carbocycles. The molecule has 0 saturated heterocycles. The predicted molar refractivity (Wildman–Crippen MR) is 61.6 cm³/mol. The van der Waals surface area contributed by atoms with Crippen LogP contribution < -0.4 is 5.32 Å². The molecule has 1 aliphatic rings. The average Bonchev–Trinajstić information content (AvgIpc) is 2.61. The van der Waals surface area contributed by atoms with E-state index in [4.69, 9.17) is 4.84 Å². The molecule has 1 heterocycles. The van der Waals surface area contributed by atoms with E-state index in [0.717, 1.165) is 5.06 Å². The van der Waals surface area contributed by atoms with Gasteiger partial charge in [-0.2, -0.15) is 0 Å². The Kier molecular flexibility index (Phi) is 3.38. The van der Waals surface area contributed by atoms with Gasteiger partial charge in [0, 0.05) is 0 Å². The van der Waals surface area contributed by atoms with Gasteiger partial charge in [0.15, 0.2) is 0 Å². The van der Waals surface area contributed by atoms with Crippen LogP contribution in [0, 0.1) is 0 Å². The Labute approximate surface area is 103 Å². The van der Waals surface area contributed by atoms with Crippen LogP contribution in [0.25, 0.3) is 0 Å². The van der Waals surface area contributed by atoms with Crippen LogP contribution in [0.2, 0.25) is 0 Å². The zero-order valence-corrected chi connectivity index (χ0v) is 9.75. The number of rotatable bonds is 5. The molecule has 0 fully saturated rings. The van der Waals surface area contributed by atoms with Gasteiger partial charge in [0.2, 0.25) is 6.41 Å². The Morgan fingerprint density at radius 3 is 2.33 bits per heavy atom. The summed E-state index contributed by atoms with van der Waals surface area (Å²) < 4.78 is 0. The minimum Gasteiger partial charge on any atom is -0.354 e. The van der Waals surface area contributed by atoms with Crippen LogP contribution in [0.5, 0.6) is 0 Å². The number of carbonyl (C=O) groups is 3. The molecule has 1 atom stereocenters. The van der Waals surface area contributed by atoms with Gasteiger partial charge in [0.25, 0.3) is 11.8 Å². The molecule has 6 heteroatoms. The summed E-state index contributed by atoms with van der Waals surface area (Å²) in [6, 6.07) is 6.23. The molecule has 1 aromatic rings. The molecule has 18 heavy (non-hydrogen) atoms. The first-order valence-electron chi connectivity index (χ1n) is 5.45. The van der Waals surface area contributed by atoms with E-state index in [1.54, 1.807) is 31.2 Å². The minimum absolute atomic E-state index is 0.0458. The van der Waals surface area contributed by atoms with Gasteiger partial charge in [-0.05, 0) is 19.1 Å². The summed E-state index contributed by atoms with van der Waals surface area (Å²) in [6.45, 7) is 1.75. The second kappa shape index (κ2) is 4.97. The molecule has 1 N–H and O–H groups in total. The van der Waals surface area contributed by atoms with Crippen molar-refractivity contribution in [2.75, 3.05) is 6.61 Å². The molecular weight excluding hydrogens is 236 g/mol. The van der Waals surface area contributed by atoms with Gasteiger partial charge in [-0.15, -0.1) is 5.06 Å². The van der Waals surface area contributed by atoms with Gasteiger partial charge in [0.1, 0.15) is 0 Å². The van der Waals surface area contributed by atoms with Gasteiger partial charge in [-0.3, -0.25) is 19.2 Å². The fourth-order valence-corrected chi connectivity index (χ4v) is 1.63. The third-order valence-electron chi connectivity index (χ3n) is 2.56. The van der Waals surface area contributed by atoms with Gasteiger partial charge in [-0.25, -0.2) is 0 Å². The summed E-state index contributed by atoms with van der Waals surface area (Å²) in [5.41, 5.74) is 0.664. The van der Waals surface area contributed by atoms with Crippen LogP contribution in [-0.4, -0.2) is 35.9 Å². The van der Waals surface area contributed by atoms with Crippen molar-refractivity contribution in [3.8, 4) is 0 Å². The van der Waals surface area contributed by atoms with Crippen molar-refractivity contribution < 1.29 is 19.2 Å². The lowest BCUT2D eigenvalue weighted by Gasteiger charge is -2.16. The normalized spacial score (nSPS) is 15.5. The molecular formula is C12H12N2O4. The van der Waals surface area contributed by atoms with Crippen LogP contribution in [-0.2, 0) is 9.63 Å². The van der Waals surface area contributed by atoms with E-state index in [2.05, 4.69) is 5.32 Å². The van der Waals surface area contributed by atoms with E-state index in [0.29, 0.717) is 17.5 Å². The summed E-state index contributed by atoms with van der Waals surface area (Å²) >= 11 is 0. The van der Waals surface area contributed by atoms with Crippen LogP contribution in [0.3, 0.4) is 0 Å². The van der Waals surface area contributed by atoms with Crippen LogP contribution in [0.4, 0.5) is 0 Å². The molecule has 1 unspecified atom stereocenters. The molecule has 0 aromatic heterocycles. The number of hydroxylamine groups is 2. The number of carbonyl (C=O) groups excluding carboxylic acids is 3. The molecule has 3 amide bonds. The van der Waals surface area contributed by atoms with Crippen LogP contribution in [0.1, 0.15) is 27.6 Å². The standard InChI is InChI=1S/C12H12N2O4/c1-8(13-7-15)6-18-14-11(16)9-4-2-3-5-10(9)12(14)17/h2-5,7-8H,6H2,1H3,(H,13,15). The maximum absolute atomic E-state index is 11.9. The molecule has 1 aliphatic heterocycles. The Hall–Kier alpha value is -2.21. The average molecular weight is 248 g/mol. The van der Waals surface area contributed by atoms with E-state index >= 15 is 0 Å². The lowest BCUT2D eigenvalue weighted by atomic mass is 10.1. The Bertz CT molecular complexity index is 466. The largest absolute Gasteiger partial charge is 0.354 e. The van der Waals surface area contributed by atoms with Crippen molar-refractivity contribution >= 4 is 18.2 Å². The molecule has 0 saturated carbocycles. The maximum atomic E-state index is 11.9. The molecule has 2 rings (SSSR count). The SMILES string of the molecule is CC(CON1C(=O)c2ccccc2C1=O)NC=O. The van der Waals surface area contributed by atoms with Crippen molar-refractivity contribution in [2.45, 2.75) is 13.0 Å². The zero-order chi connectivity index (χ0) is 13.1. The van der Waals surface area contributed by atoms with Crippen molar-refractivity contribution in [1.82, 2.24) is 10.4 Å². The van der Waals surface area contributed by atoms with Crippen molar-refractivity contribution in [3.63, 3.8) is 0 Å². The van der Waals surface area contributed by atoms with E-state index in [9.17, 15) is 14.4 Å². The van der Waals surface area contributed by atoms with E-state index < -0.39 is 11.8 Å². The maximum Gasteiger partial charge on any atom is 0.285 e. The highest BCUT2D eigenvalue weighted by atomic mass is 16.7. The lowest BCUT2D eigenvalue weighted by molar-refractivity contribution is -0.113. The Morgan fingerprint density at radius 1 is 1.28 bits per heavy atom. The molecule has 6 nitrogen and oxygen atoms in total. The topological polar surface area (TPSA) is 75.7 Å². The number of nitrogens with one attached hydrogen (secondary N) is 1. The van der Waals surface area contributed by atoms with E-state index in [-0.39, 0.29) is 12.6 Å². The van der Waals surface area contributed by atoms with E-state index in [1.807, 2.05) is 0 Å². The van der Waals surface area contributed by atoms with Gasteiger partial charge >= 0.3 is 0 Å². The number of imide groups is 1. The molecule has 1 aromatic carbocycles. The lowest BCUT2D eigenvalue weighted by Crippen LogP contribution is -2.37. The molecule has 94 valence electrons. The highest BCUT2D eigenvalue weighted by molar-refractivity contribution is 6.20. The van der Waals surface area contributed by atoms with Crippen molar-refractivity contribution in [1.29, 1.82) is 0 Å². The zero-order valence-electron chi connectivity index (χ0n) is 9.75. The fraction of sp³-hybridized carbons (Fsp3) is 0.250. The summed E-state index contributed by atoms with van der Waals surface area (Å²) in [5, 5.41) is 3.20. The predicted octanol–water partition coefficient (Wildman–Crippen LogP) is 0.349. The summed E-state index contributed by atoms with van der Waals surface area (Å²) in [4.78, 5) is 39.1. The molecule has 0 radical (unpaired) electrons. The van der Waals surface area contributed by atoms with Crippen LogP contribution >= 0.6 is 0 Å². The Balaban J connectivity index is 2.07. The molecule has 0 bridgehead atoms. The van der Waals surface area contributed by atoms with Gasteiger partial charge < -0.3 is 5.32 Å². The first kappa shape index (κ1) is 12.3. The highest BCUT2D eigenvalue weighted by Gasteiger charge is 2.36. The monoisotopic (exact) mass is 248 g/mol. The van der Waals surface area contributed by atoms with Crippen LogP contribution in [0.15, 0.2) is 24.3 Å². The number of benzene rings is 1. The fourth-order valence-electron chi connectivity index (χ4n) is 1.63. The quantitative estimate of drug-likeness (QED) is 0.602. The molecule has 0 spiro atoms. The van der Waals surface area contributed by atoms with Gasteiger partial charge in [-0.1, -0.05) is 12.1 Å². The third-order valence-corrected chi connectivity index (χ3v) is 2.56. The Morgan fingerprint density at radius 2 is 1.83 bits per heavy atom. The number of hydrogen-bond acceptors (Lipinski definition) is 4. The van der Waals surface area contributed by atoms with Gasteiger partial charge in [0.05, 0.1) is 23.8 Å². The highest BCUT2D eigenvalue weighted by Crippen LogP contribution is 2.22. The third kappa shape index (κ3) is 2.10. The second-order valence-electron chi connectivity index (χ2n) is 3.93. The summed E-state index contributed by atoms with van der Waals surface area (Å²) in [5.74, 6) is -0.956. The smallest absolute Gasteiger partial charge is 0.285 e. The minimum atomic E-state index is -0.478. The summed E-state index contributed by atoms with van der Waals surface area (Å²) in [6.07, 6.45) is 0.538. The number of hydrogen-bond donors (Lipinski definition) is 1. The number of nitrogens with zero attached hydrogens (tertiary/aromatic N) is 1. The number of fused-ring (bicyclic) bond motifs is 1. The van der Waals surface area contributed by atoms with Crippen molar-refractivity contribution in [2.24, 2.45) is 0 Å². The van der Waals surface area contributed by atoms with Crippen molar-refractivity contribution in [3.05, 3.63) is 35.4 Å². The first-order chi connectivity index (χ1) is 8.65.